The quantitative estimate of drug-likeness (QED) is 0.579. The molecule has 0 unspecified atom stereocenters. The fraction of sp³-hybridized carbons (Fsp3) is 0.545. The minimum absolute atomic E-state index is 1.18. The average Bonchev–Trinajstić information content (AvgIpc) is 2.45. The predicted molar refractivity (Wildman–Crippen MR) is 50.2 cm³/mol. The van der Waals surface area contributed by atoms with Gasteiger partial charge in [-0.1, -0.05) is 40.0 Å². The van der Waals surface area contributed by atoms with Crippen LogP contribution in [0.15, 0.2) is 12.1 Å². The van der Waals surface area contributed by atoms with Crippen LogP contribution in [0.3, 0.4) is 0 Å². The Morgan fingerprint density at radius 3 is 2.36 bits per heavy atom. The second-order valence-corrected chi connectivity index (χ2v) is 2.92. The van der Waals surface area contributed by atoms with Gasteiger partial charge in [0.25, 0.3) is 0 Å². The highest BCUT2D eigenvalue weighted by atomic mass is 14.1. The first kappa shape index (κ1) is 8.45. The minimum atomic E-state index is 1.18. The zero-order valence-corrected chi connectivity index (χ0v) is 7.78. The summed E-state index contributed by atoms with van der Waals surface area (Å²) >= 11 is 0. The van der Waals surface area contributed by atoms with E-state index in [1.807, 2.05) is 0 Å². The lowest BCUT2D eigenvalue weighted by atomic mass is 10.0. The first-order valence-corrected chi connectivity index (χ1v) is 4.59. The molecule has 0 atom stereocenters. The molecule has 1 aromatic carbocycles. The third-order valence-corrected chi connectivity index (χ3v) is 2.38. The normalized spacial score (nSPS) is 10.5. The van der Waals surface area contributed by atoms with Crippen LogP contribution in [0.1, 0.15) is 37.5 Å². The van der Waals surface area contributed by atoms with Crippen molar-refractivity contribution in [2.24, 2.45) is 0 Å². The molecule has 0 heterocycles. The van der Waals surface area contributed by atoms with Crippen molar-refractivity contribution in [1.29, 1.82) is 0 Å². The van der Waals surface area contributed by atoms with Gasteiger partial charge in [-0.25, -0.2) is 6.07 Å². The Morgan fingerprint density at radius 1 is 1.18 bits per heavy atom. The van der Waals surface area contributed by atoms with Gasteiger partial charge >= 0.3 is 0 Å². The fourth-order valence-electron chi connectivity index (χ4n) is 1.73. The Kier molecular flexibility index (Phi) is 2.81. The Balaban J connectivity index is 2.99. The van der Waals surface area contributed by atoms with Gasteiger partial charge in [0.2, 0.25) is 0 Å². The van der Waals surface area contributed by atoms with E-state index in [0.717, 1.165) is 0 Å². The lowest BCUT2D eigenvalue weighted by molar-refractivity contribution is 1.01. The lowest BCUT2D eigenvalue weighted by Crippen LogP contribution is -1.89. The Morgan fingerprint density at radius 2 is 1.91 bits per heavy atom. The van der Waals surface area contributed by atoms with Crippen molar-refractivity contribution in [2.75, 3.05) is 0 Å². The summed E-state index contributed by atoms with van der Waals surface area (Å²) in [6.45, 7) is 6.70. The molecule has 0 nitrogen and oxygen atoms in total. The molecular weight excluding hydrogens is 132 g/mol. The molecule has 0 radical (unpaired) electrons. The zero-order chi connectivity index (χ0) is 8.27. The molecule has 0 amide bonds. The van der Waals surface area contributed by atoms with E-state index in [1.54, 1.807) is 16.7 Å². The molecule has 0 aliphatic carbocycles. The summed E-state index contributed by atoms with van der Waals surface area (Å²) in [6, 6.07) is 4.55. The molecule has 0 bridgehead atoms. The van der Waals surface area contributed by atoms with Crippen LogP contribution in [0.4, 0.5) is 0 Å². The maximum atomic E-state index is 2.28. The molecule has 0 saturated carbocycles. The van der Waals surface area contributed by atoms with Gasteiger partial charge in [-0.05, 0) is 0 Å². The number of aryl methyl sites for hydroxylation is 2. The molecule has 0 fully saturated rings. The third-order valence-electron chi connectivity index (χ3n) is 2.38. The summed E-state index contributed by atoms with van der Waals surface area (Å²) < 4.78 is 0. The van der Waals surface area contributed by atoms with Gasteiger partial charge < -0.3 is 0 Å². The van der Waals surface area contributed by atoms with Crippen LogP contribution in [-0.4, -0.2) is 0 Å². The highest BCUT2D eigenvalue weighted by Gasteiger charge is 1.94. The first-order chi connectivity index (χ1) is 5.33. The fourth-order valence-corrected chi connectivity index (χ4v) is 1.73. The molecule has 0 aliphatic rings. The van der Waals surface area contributed by atoms with Gasteiger partial charge in [0.1, 0.15) is 0 Å². The molecule has 0 N–H and O–H groups in total. The molecule has 0 aromatic heterocycles. The van der Waals surface area contributed by atoms with Gasteiger partial charge in [-0.3, -0.25) is 0 Å². The van der Waals surface area contributed by atoms with Crippen LogP contribution in [-0.2, 0) is 19.3 Å². The van der Waals surface area contributed by atoms with Gasteiger partial charge in [-0.15, -0.1) is 0 Å². The van der Waals surface area contributed by atoms with Crippen LogP contribution in [0.25, 0.3) is 0 Å². The van der Waals surface area contributed by atoms with Crippen LogP contribution >= 0.6 is 0 Å². The second kappa shape index (κ2) is 3.66. The van der Waals surface area contributed by atoms with E-state index in [-0.39, 0.29) is 0 Å². The summed E-state index contributed by atoms with van der Waals surface area (Å²) in [4.78, 5) is 0. The summed E-state index contributed by atoms with van der Waals surface area (Å²) in [7, 11) is 0. The summed E-state index contributed by atoms with van der Waals surface area (Å²) in [5.74, 6) is 0. The second-order valence-electron chi connectivity index (χ2n) is 2.92. The van der Waals surface area contributed by atoms with Gasteiger partial charge in [-0.2, -0.15) is 22.8 Å². The Bertz CT molecular complexity index is 196. The zero-order valence-electron chi connectivity index (χ0n) is 7.78. The van der Waals surface area contributed by atoms with Gasteiger partial charge in [0, 0.05) is 0 Å². The van der Waals surface area contributed by atoms with Crippen molar-refractivity contribution in [3.05, 3.63) is 28.8 Å². The van der Waals surface area contributed by atoms with E-state index >= 15 is 0 Å². The summed E-state index contributed by atoms with van der Waals surface area (Å²) in [5, 5.41) is 0. The molecule has 0 spiro atoms. The molecule has 1 rings (SSSR count). The monoisotopic (exact) mass is 149 g/mol. The standard InChI is InChI=1S/C11H17/c1-4-9-7-8-10(5-2)11(9)6-3/h7-8H,4-6H2,1-3H3/q-1. The summed E-state index contributed by atoms with van der Waals surface area (Å²) in [5.41, 5.74) is 4.68. The maximum absolute atomic E-state index is 2.28. The van der Waals surface area contributed by atoms with Crippen LogP contribution in [0.5, 0.6) is 0 Å². The van der Waals surface area contributed by atoms with E-state index < -0.39 is 0 Å². The minimum Gasteiger partial charge on any atom is -0.210 e. The lowest BCUT2D eigenvalue weighted by Gasteiger charge is -2.10. The van der Waals surface area contributed by atoms with Crippen molar-refractivity contribution in [2.45, 2.75) is 40.0 Å². The van der Waals surface area contributed by atoms with Gasteiger partial charge in [0.05, 0.1) is 0 Å². The van der Waals surface area contributed by atoms with Crippen molar-refractivity contribution in [1.82, 2.24) is 0 Å². The highest BCUT2D eigenvalue weighted by Crippen LogP contribution is 2.18. The largest absolute Gasteiger partial charge is 0.210 e. The Hall–Kier alpha value is -0.650. The van der Waals surface area contributed by atoms with Gasteiger partial charge in [0.15, 0.2) is 0 Å². The van der Waals surface area contributed by atoms with Crippen molar-refractivity contribution < 1.29 is 0 Å². The van der Waals surface area contributed by atoms with Crippen molar-refractivity contribution in [3.8, 4) is 0 Å². The first-order valence-electron chi connectivity index (χ1n) is 4.59. The number of rotatable bonds is 3. The van der Waals surface area contributed by atoms with E-state index in [0.29, 0.717) is 0 Å². The van der Waals surface area contributed by atoms with E-state index in [1.165, 1.54) is 19.3 Å². The molecule has 1 aromatic rings. The van der Waals surface area contributed by atoms with E-state index in [2.05, 4.69) is 32.9 Å². The van der Waals surface area contributed by atoms with Crippen LogP contribution < -0.4 is 0 Å². The Labute approximate surface area is 69.6 Å². The predicted octanol–water partition coefficient (Wildman–Crippen LogP) is 3.09. The molecular formula is C11H17-. The molecule has 0 aliphatic heterocycles. The maximum Gasteiger partial charge on any atom is -0.0538 e. The molecule has 11 heavy (non-hydrogen) atoms. The van der Waals surface area contributed by atoms with Crippen molar-refractivity contribution in [3.63, 3.8) is 0 Å². The van der Waals surface area contributed by atoms with Crippen molar-refractivity contribution >= 4 is 0 Å². The average molecular weight is 149 g/mol. The SMILES string of the molecule is CCc1cc[c-](CC)c1CC. The number of hydrogen-bond acceptors (Lipinski definition) is 0. The smallest absolute Gasteiger partial charge is 0.0538 e. The highest BCUT2D eigenvalue weighted by molar-refractivity contribution is 5.37. The van der Waals surface area contributed by atoms with E-state index in [9.17, 15) is 0 Å². The van der Waals surface area contributed by atoms with Crippen LogP contribution in [0.2, 0.25) is 0 Å². The van der Waals surface area contributed by atoms with E-state index in [4.69, 9.17) is 0 Å². The topological polar surface area (TPSA) is 0 Å². The third kappa shape index (κ3) is 1.50. The molecule has 62 valence electrons. The molecule has 0 heteroatoms. The molecule has 0 saturated heterocycles. The number of hydrogen-bond donors (Lipinski definition) is 0. The van der Waals surface area contributed by atoms with Crippen LogP contribution in [0, 0.1) is 0 Å². The summed E-state index contributed by atoms with van der Waals surface area (Å²) in [6.07, 6.45) is 3.56.